The van der Waals surface area contributed by atoms with Crippen LogP contribution in [0, 0.1) is 5.82 Å². The minimum atomic E-state index is -0.438. The van der Waals surface area contributed by atoms with Gasteiger partial charge >= 0.3 is 0 Å². The molecular formula is C17H19FN2O. The highest BCUT2D eigenvalue weighted by atomic mass is 19.1. The molecule has 0 aliphatic rings. The topological polar surface area (TPSA) is 34.0 Å². The number of anilines is 1. The SMILES string of the molecule is CCCC=C(C)Nc1cccc(-n2cc(F)ccc2=O)c1. The molecule has 0 atom stereocenters. The van der Waals surface area contributed by atoms with Crippen LogP contribution >= 0.6 is 0 Å². The van der Waals surface area contributed by atoms with E-state index in [2.05, 4.69) is 18.3 Å². The summed E-state index contributed by atoms with van der Waals surface area (Å²) in [6, 6.07) is 9.74. The summed E-state index contributed by atoms with van der Waals surface area (Å²) < 4.78 is 14.6. The van der Waals surface area contributed by atoms with Crippen LogP contribution in [0.25, 0.3) is 5.69 Å². The highest BCUT2D eigenvalue weighted by molar-refractivity contribution is 5.54. The van der Waals surface area contributed by atoms with Crippen molar-refractivity contribution in [2.75, 3.05) is 5.32 Å². The van der Waals surface area contributed by atoms with Crippen molar-refractivity contribution in [3.8, 4) is 5.69 Å². The lowest BCUT2D eigenvalue weighted by atomic mass is 10.2. The summed E-state index contributed by atoms with van der Waals surface area (Å²) in [6.45, 7) is 4.12. The summed E-state index contributed by atoms with van der Waals surface area (Å²) in [6.07, 6.45) is 5.43. The Balaban J connectivity index is 2.29. The second-order valence-electron chi connectivity index (χ2n) is 4.91. The maximum absolute atomic E-state index is 13.3. The van der Waals surface area contributed by atoms with Crippen LogP contribution in [0.1, 0.15) is 26.7 Å². The molecule has 0 fully saturated rings. The van der Waals surface area contributed by atoms with Crippen LogP contribution in [0.2, 0.25) is 0 Å². The number of halogens is 1. The largest absolute Gasteiger partial charge is 0.359 e. The van der Waals surface area contributed by atoms with Gasteiger partial charge in [0.05, 0.1) is 5.69 Å². The molecule has 0 amide bonds. The monoisotopic (exact) mass is 286 g/mol. The molecule has 110 valence electrons. The van der Waals surface area contributed by atoms with E-state index in [1.54, 1.807) is 6.07 Å². The van der Waals surface area contributed by atoms with Gasteiger partial charge in [-0.15, -0.1) is 0 Å². The number of nitrogens with zero attached hydrogens (tertiary/aromatic N) is 1. The number of allylic oxidation sites excluding steroid dienone is 2. The van der Waals surface area contributed by atoms with Crippen LogP contribution in [0.4, 0.5) is 10.1 Å². The Bertz CT molecular complexity index is 704. The fourth-order valence-electron chi connectivity index (χ4n) is 2.04. The molecule has 0 aliphatic carbocycles. The molecule has 1 aromatic heterocycles. The van der Waals surface area contributed by atoms with Crippen molar-refractivity contribution in [3.63, 3.8) is 0 Å². The third kappa shape index (κ3) is 4.05. The number of benzene rings is 1. The molecule has 0 saturated carbocycles. The first-order valence-corrected chi connectivity index (χ1v) is 7.02. The van der Waals surface area contributed by atoms with Crippen molar-refractivity contribution >= 4 is 5.69 Å². The van der Waals surface area contributed by atoms with E-state index in [-0.39, 0.29) is 5.56 Å². The lowest BCUT2D eigenvalue weighted by Crippen LogP contribution is -2.16. The summed E-state index contributed by atoms with van der Waals surface area (Å²) in [7, 11) is 0. The Morgan fingerprint density at radius 1 is 1.33 bits per heavy atom. The second kappa shape index (κ2) is 6.88. The van der Waals surface area contributed by atoms with Crippen molar-refractivity contribution in [1.29, 1.82) is 0 Å². The predicted molar refractivity (Wildman–Crippen MR) is 84.3 cm³/mol. The van der Waals surface area contributed by atoms with Crippen LogP contribution in [0.15, 0.2) is 59.2 Å². The number of rotatable bonds is 5. The van der Waals surface area contributed by atoms with Crippen LogP contribution in [-0.4, -0.2) is 4.57 Å². The van der Waals surface area contributed by atoms with Gasteiger partial charge < -0.3 is 5.32 Å². The quantitative estimate of drug-likeness (QED) is 0.898. The van der Waals surface area contributed by atoms with E-state index < -0.39 is 5.82 Å². The molecule has 3 nitrogen and oxygen atoms in total. The molecule has 0 spiro atoms. The molecule has 0 aliphatic heterocycles. The molecule has 0 radical (unpaired) electrons. The van der Waals surface area contributed by atoms with Gasteiger partial charge in [0.25, 0.3) is 5.56 Å². The van der Waals surface area contributed by atoms with Gasteiger partial charge in [0.1, 0.15) is 5.82 Å². The number of nitrogens with one attached hydrogen (secondary N) is 1. The Hall–Kier alpha value is -2.36. The third-order valence-corrected chi connectivity index (χ3v) is 3.08. The maximum atomic E-state index is 13.3. The fraction of sp³-hybridized carbons (Fsp3) is 0.235. The van der Waals surface area contributed by atoms with Gasteiger partial charge in [0.2, 0.25) is 0 Å². The smallest absolute Gasteiger partial charge is 0.255 e. The van der Waals surface area contributed by atoms with Crippen LogP contribution in [-0.2, 0) is 0 Å². The first-order chi connectivity index (χ1) is 10.1. The van der Waals surface area contributed by atoms with Gasteiger partial charge in [-0.25, -0.2) is 4.39 Å². The molecule has 1 aromatic carbocycles. The fourth-order valence-corrected chi connectivity index (χ4v) is 2.04. The van der Waals surface area contributed by atoms with E-state index in [4.69, 9.17) is 0 Å². The molecule has 1 N–H and O–H groups in total. The minimum absolute atomic E-state index is 0.258. The number of pyridine rings is 1. The Morgan fingerprint density at radius 2 is 2.14 bits per heavy atom. The van der Waals surface area contributed by atoms with Crippen LogP contribution < -0.4 is 10.9 Å². The standard InChI is InChI=1S/C17H19FN2O/c1-3-4-6-13(2)19-15-7-5-8-16(11-15)20-12-14(18)9-10-17(20)21/h5-12,19H,3-4H2,1-2H3. The number of aromatic nitrogens is 1. The summed E-state index contributed by atoms with van der Waals surface area (Å²) >= 11 is 0. The van der Waals surface area contributed by atoms with Gasteiger partial charge in [0.15, 0.2) is 0 Å². The normalized spacial score (nSPS) is 11.5. The Labute approximate surface area is 123 Å². The van der Waals surface area contributed by atoms with Crippen molar-refractivity contribution in [1.82, 2.24) is 4.57 Å². The number of unbranched alkanes of at least 4 members (excludes halogenated alkanes) is 1. The third-order valence-electron chi connectivity index (χ3n) is 3.08. The van der Waals surface area contributed by atoms with Gasteiger partial charge in [0, 0.05) is 23.6 Å². The van der Waals surface area contributed by atoms with E-state index in [0.717, 1.165) is 24.2 Å². The Kier molecular flexibility index (Phi) is 4.93. The summed E-state index contributed by atoms with van der Waals surface area (Å²) in [5.41, 5.74) is 2.30. The second-order valence-corrected chi connectivity index (χ2v) is 4.91. The zero-order valence-electron chi connectivity index (χ0n) is 12.3. The molecule has 2 rings (SSSR count). The van der Waals surface area contributed by atoms with E-state index in [9.17, 15) is 9.18 Å². The lowest BCUT2D eigenvalue weighted by Gasteiger charge is -2.10. The highest BCUT2D eigenvalue weighted by Gasteiger charge is 2.02. The van der Waals surface area contributed by atoms with E-state index in [1.807, 2.05) is 25.1 Å². The van der Waals surface area contributed by atoms with Crippen LogP contribution in [0.5, 0.6) is 0 Å². The molecule has 21 heavy (non-hydrogen) atoms. The van der Waals surface area contributed by atoms with Crippen molar-refractivity contribution in [2.24, 2.45) is 0 Å². The zero-order valence-corrected chi connectivity index (χ0v) is 12.3. The molecule has 0 bridgehead atoms. The van der Waals surface area contributed by atoms with Gasteiger partial charge in [-0.1, -0.05) is 25.5 Å². The summed E-state index contributed by atoms with van der Waals surface area (Å²) in [5, 5.41) is 3.27. The molecular weight excluding hydrogens is 267 g/mol. The van der Waals surface area contributed by atoms with Crippen molar-refractivity contribution in [2.45, 2.75) is 26.7 Å². The molecule has 0 unspecified atom stereocenters. The van der Waals surface area contributed by atoms with Gasteiger partial charge in [-0.2, -0.15) is 0 Å². The van der Waals surface area contributed by atoms with E-state index in [1.165, 1.54) is 22.9 Å². The molecule has 0 saturated heterocycles. The Morgan fingerprint density at radius 3 is 2.90 bits per heavy atom. The first-order valence-electron chi connectivity index (χ1n) is 7.02. The molecule has 1 heterocycles. The minimum Gasteiger partial charge on any atom is -0.359 e. The summed E-state index contributed by atoms with van der Waals surface area (Å²) in [4.78, 5) is 11.8. The van der Waals surface area contributed by atoms with E-state index in [0.29, 0.717) is 5.69 Å². The van der Waals surface area contributed by atoms with Crippen LogP contribution in [0.3, 0.4) is 0 Å². The average Bonchev–Trinajstić information content (AvgIpc) is 2.48. The average molecular weight is 286 g/mol. The number of hydrogen-bond acceptors (Lipinski definition) is 2. The van der Waals surface area contributed by atoms with Crippen molar-refractivity contribution < 1.29 is 4.39 Å². The first kappa shape index (κ1) is 15.0. The number of hydrogen-bond donors (Lipinski definition) is 1. The molecule has 4 heteroatoms. The summed E-state index contributed by atoms with van der Waals surface area (Å²) in [5.74, 6) is -0.438. The maximum Gasteiger partial charge on any atom is 0.255 e. The van der Waals surface area contributed by atoms with E-state index >= 15 is 0 Å². The molecule has 2 aromatic rings. The lowest BCUT2D eigenvalue weighted by molar-refractivity contribution is 0.613. The van der Waals surface area contributed by atoms with Gasteiger partial charge in [-0.05, 0) is 37.6 Å². The zero-order chi connectivity index (χ0) is 15.2. The van der Waals surface area contributed by atoms with Gasteiger partial charge in [-0.3, -0.25) is 9.36 Å². The van der Waals surface area contributed by atoms with Crippen molar-refractivity contribution in [3.05, 3.63) is 70.5 Å². The predicted octanol–water partition coefficient (Wildman–Crippen LogP) is 4.09. The highest BCUT2D eigenvalue weighted by Crippen LogP contribution is 2.15.